The predicted octanol–water partition coefficient (Wildman–Crippen LogP) is 2.55. The van der Waals surface area contributed by atoms with Gasteiger partial charge in [-0.3, -0.25) is 5.10 Å². The van der Waals surface area contributed by atoms with E-state index in [2.05, 4.69) is 20.5 Å². The summed E-state index contributed by atoms with van der Waals surface area (Å²) in [6.07, 6.45) is 6.73. The Bertz CT molecular complexity index is 544. The largest absolute Gasteiger partial charge is 0.325 e. The van der Waals surface area contributed by atoms with Crippen LogP contribution < -0.4 is 5.32 Å². The van der Waals surface area contributed by atoms with Gasteiger partial charge in [0.25, 0.3) is 0 Å². The highest BCUT2D eigenvalue weighted by Gasteiger charge is 2.19. The van der Waals surface area contributed by atoms with Crippen molar-refractivity contribution in [3.63, 3.8) is 0 Å². The van der Waals surface area contributed by atoms with Crippen LogP contribution in [0.5, 0.6) is 0 Å². The molecule has 2 N–H and O–H groups in total. The number of aromatic amines is 1. The molecule has 1 saturated heterocycles. The summed E-state index contributed by atoms with van der Waals surface area (Å²) in [5, 5.41) is 12.5. The first-order valence-corrected chi connectivity index (χ1v) is 7.22. The summed E-state index contributed by atoms with van der Waals surface area (Å²) in [5.74, 6) is 0. The summed E-state index contributed by atoms with van der Waals surface area (Å²) in [4.78, 5) is 18.2. The van der Waals surface area contributed by atoms with E-state index in [9.17, 15) is 4.79 Å². The maximum atomic E-state index is 12.1. The first kappa shape index (κ1) is 12.2. The number of hydrogen-bond acceptors (Lipinski definition) is 4. The summed E-state index contributed by atoms with van der Waals surface area (Å²) < 4.78 is 0. The highest BCUT2D eigenvalue weighted by atomic mass is 32.1. The molecular formula is C12H15N5OS. The fourth-order valence-electron chi connectivity index (χ4n) is 2.18. The van der Waals surface area contributed by atoms with E-state index in [1.54, 1.807) is 12.4 Å². The Hall–Kier alpha value is -1.89. The minimum Gasteiger partial charge on any atom is -0.325 e. The molecule has 1 aliphatic heterocycles. The van der Waals surface area contributed by atoms with Crippen molar-refractivity contribution in [3.8, 4) is 10.7 Å². The number of thiazole rings is 1. The number of nitrogens with one attached hydrogen (secondary N) is 2. The van der Waals surface area contributed by atoms with Gasteiger partial charge in [0.1, 0.15) is 10.7 Å². The molecule has 0 aliphatic carbocycles. The minimum atomic E-state index is -0.0566. The van der Waals surface area contributed by atoms with E-state index in [1.807, 2.05) is 10.3 Å². The van der Waals surface area contributed by atoms with Gasteiger partial charge in [0, 0.05) is 24.7 Å². The van der Waals surface area contributed by atoms with Crippen LogP contribution in [0.25, 0.3) is 10.7 Å². The fourth-order valence-corrected chi connectivity index (χ4v) is 2.83. The molecule has 7 heteroatoms. The minimum absolute atomic E-state index is 0.0566. The molecular weight excluding hydrogens is 262 g/mol. The molecule has 0 radical (unpaired) electrons. The van der Waals surface area contributed by atoms with E-state index in [-0.39, 0.29) is 6.03 Å². The summed E-state index contributed by atoms with van der Waals surface area (Å²) in [5.41, 5.74) is 1.45. The Morgan fingerprint density at radius 1 is 1.37 bits per heavy atom. The number of H-pyrrole nitrogens is 1. The molecule has 1 fully saturated rings. The van der Waals surface area contributed by atoms with E-state index in [0.29, 0.717) is 5.69 Å². The third-order valence-electron chi connectivity index (χ3n) is 3.17. The second-order valence-corrected chi connectivity index (χ2v) is 5.37. The van der Waals surface area contributed by atoms with Crippen molar-refractivity contribution in [3.05, 3.63) is 17.8 Å². The van der Waals surface area contributed by atoms with Gasteiger partial charge in [-0.15, -0.1) is 11.3 Å². The number of likely N-dealkylation sites (tertiary alicyclic amines) is 1. The van der Waals surface area contributed by atoms with E-state index < -0.39 is 0 Å². The number of amides is 2. The third-order valence-corrected chi connectivity index (χ3v) is 3.96. The lowest BCUT2D eigenvalue weighted by molar-refractivity contribution is 0.200. The molecule has 0 atom stereocenters. The Labute approximate surface area is 114 Å². The van der Waals surface area contributed by atoms with Crippen molar-refractivity contribution >= 4 is 23.1 Å². The normalized spacial score (nSPS) is 15.5. The molecule has 6 nitrogen and oxygen atoms in total. The lowest BCUT2D eigenvalue weighted by Crippen LogP contribution is -2.38. The van der Waals surface area contributed by atoms with Gasteiger partial charge in [-0.1, -0.05) is 0 Å². The lowest BCUT2D eigenvalue weighted by atomic mass is 10.1. The molecule has 2 amide bonds. The Morgan fingerprint density at radius 2 is 2.21 bits per heavy atom. The summed E-state index contributed by atoms with van der Waals surface area (Å²) in [6.45, 7) is 1.66. The average molecular weight is 277 g/mol. The van der Waals surface area contributed by atoms with Crippen molar-refractivity contribution in [2.24, 2.45) is 0 Å². The highest BCUT2D eigenvalue weighted by Crippen LogP contribution is 2.27. The topological polar surface area (TPSA) is 73.9 Å². The van der Waals surface area contributed by atoms with Crippen LogP contribution in [0.4, 0.5) is 10.5 Å². The lowest BCUT2D eigenvalue weighted by Gasteiger charge is -2.26. The van der Waals surface area contributed by atoms with Crippen molar-refractivity contribution in [2.45, 2.75) is 19.3 Å². The molecule has 3 rings (SSSR count). The number of anilines is 1. The summed E-state index contributed by atoms with van der Waals surface area (Å²) in [7, 11) is 0. The van der Waals surface area contributed by atoms with E-state index in [4.69, 9.17) is 0 Å². The maximum Gasteiger partial charge on any atom is 0.321 e. The van der Waals surface area contributed by atoms with Crippen molar-refractivity contribution in [2.75, 3.05) is 18.4 Å². The molecule has 19 heavy (non-hydrogen) atoms. The number of carbonyl (C=O) groups is 1. The molecule has 1 aliphatic rings. The summed E-state index contributed by atoms with van der Waals surface area (Å²) >= 11 is 1.51. The zero-order valence-corrected chi connectivity index (χ0v) is 11.2. The van der Waals surface area contributed by atoms with Crippen LogP contribution >= 0.6 is 11.3 Å². The number of urea groups is 1. The van der Waals surface area contributed by atoms with E-state index in [1.165, 1.54) is 17.8 Å². The molecule has 3 heterocycles. The summed E-state index contributed by atoms with van der Waals surface area (Å²) in [6, 6.07) is -0.0566. The zero-order chi connectivity index (χ0) is 13.1. The Kier molecular flexibility index (Phi) is 3.45. The van der Waals surface area contributed by atoms with E-state index >= 15 is 0 Å². The van der Waals surface area contributed by atoms with Gasteiger partial charge in [-0.2, -0.15) is 5.10 Å². The number of rotatable bonds is 2. The van der Waals surface area contributed by atoms with Crippen molar-refractivity contribution in [1.82, 2.24) is 20.1 Å². The first-order valence-electron chi connectivity index (χ1n) is 6.34. The fraction of sp³-hybridized carbons (Fsp3) is 0.417. The Balaban J connectivity index is 1.73. The van der Waals surface area contributed by atoms with Gasteiger partial charge < -0.3 is 10.2 Å². The van der Waals surface area contributed by atoms with Crippen LogP contribution in [0, 0.1) is 0 Å². The maximum absolute atomic E-state index is 12.1. The van der Waals surface area contributed by atoms with Gasteiger partial charge >= 0.3 is 6.03 Å². The first-order chi connectivity index (χ1) is 9.34. The molecule has 0 spiro atoms. The van der Waals surface area contributed by atoms with E-state index in [0.717, 1.165) is 36.6 Å². The number of nitrogens with zero attached hydrogens (tertiary/aromatic N) is 3. The number of hydrogen-bond donors (Lipinski definition) is 2. The smallest absolute Gasteiger partial charge is 0.321 e. The van der Waals surface area contributed by atoms with Crippen LogP contribution in [0.15, 0.2) is 17.8 Å². The molecule has 100 valence electrons. The SMILES string of the molecule is O=C(Nc1cn[nH]c1-c1nccs1)N1CCCCC1. The molecule has 0 aromatic carbocycles. The van der Waals surface area contributed by atoms with Crippen LogP contribution in [-0.2, 0) is 0 Å². The van der Waals surface area contributed by atoms with Crippen LogP contribution in [0.1, 0.15) is 19.3 Å². The van der Waals surface area contributed by atoms with Crippen molar-refractivity contribution in [1.29, 1.82) is 0 Å². The van der Waals surface area contributed by atoms with Gasteiger partial charge in [0.2, 0.25) is 0 Å². The second kappa shape index (κ2) is 5.40. The molecule has 2 aromatic heterocycles. The van der Waals surface area contributed by atoms with Crippen LogP contribution in [0.3, 0.4) is 0 Å². The van der Waals surface area contributed by atoms with Gasteiger partial charge in [0.05, 0.1) is 11.9 Å². The third kappa shape index (κ3) is 2.60. The van der Waals surface area contributed by atoms with Crippen molar-refractivity contribution < 1.29 is 4.79 Å². The van der Waals surface area contributed by atoms with Gasteiger partial charge in [0.15, 0.2) is 0 Å². The number of piperidine rings is 1. The monoisotopic (exact) mass is 277 g/mol. The molecule has 0 saturated carbocycles. The molecule has 2 aromatic rings. The predicted molar refractivity (Wildman–Crippen MR) is 74.1 cm³/mol. The van der Waals surface area contributed by atoms with Crippen LogP contribution in [0.2, 0.25) is 0 Å². The number of carbonyl (C=O) groups excluding carboxylic acids is 1. The highest BCUT2D eigenvalue weighted by molar-refractivity contribution is 7.13. The molecule has 0 bridgehead atoms. The second-order valence-electron chi connectivity index (χ2n) is 4.47. The number of aromatic nitrogens is 3. The van der Waals surface area contributed by atoms with Gasteiger partial charge in [-0.05, 0) is 19.3 Å². The molecule has 0 unspecified atom stereocenters. The van der Waals surface area contributed by atoms with Gasteiger partial charge in [-0.25, -0.2) is 9.78 Å². The Morgan fingerprint density at radius 3 is 2.95 bits per heavy atom. The zero-order valence-electron chi connectivity index (χ0n) is 10.4. The van der Waals surface area contributed by atoms with Crippen LogP contribution in [-0.4, -0.2) is 39.2 Å². The quantitative estimate of drug-likeness (QED) is 0.886. The average Bonchev–Trinajstić information content (AvgIpc) is 3.10. The standard InChI is InChI=1S/C12H15N5OS/c18-12(17-5-2-1-3-6-17)15-9-8-14-16-10(9)11-13-4-7-19-11/h4,7-8H,1-3,5-6H2,(H,14,16)(H,15,18).